The molecular weight excluding hydrogens is 329 g/mol. The molecular formula is C16H20FN5O3. The van der Waals surface area contributed by atoms with Gasteiger partial charge in [-0.2, -0.15) is 0 Å². The van der Waals surface area contributed by atoms with Gasteiger partial charge in [-0.15, -0.1) is 0 Å². The zero-order valence-corrected chi connectivity index (χ0v) is 14.2. The van der Waals surface area contributed by atoms with E-state index in [2.05, 4.69) is 4.98 Å². The predicted molar refractivity (Wildman–Crippen MR) is 91.7 cm³/mol. The summed E-state index contributed by atoms with van der Waals surface area (Å²) in [5, 5.41) is 0.138. The van der Waals surface area contributed by atoms with Crippen LogP contribution in [0.1, 0.15) is 12.7 Å². The number of aryl methyl sites for hydroxylation is 1. The van der Waals surface area contributed by atoms with Crippen molar-refractivity contribution >= 4 is 22.7 Å². The van der Waals surface area contributed by atoms with Crippen molar-refractivity contribution in [3.05, 3.63) is 34.1 Å². The fraction of sp³-hybridized carbons (Fsp3) is 0.438. The van der Waals surface area contributed by atoms with Crippen molar-refractivity contribution < 1.29 is 13.9 Å². The largest absolute Gasteiger partial charge is 0.450 e. The van der Waals surface area contributed by atoms with Gasteiger partial charge >= 0.3 is 6.09 Å². The predicted octanol–water partition coefficient (Wildman–Crippen LogP) is 0.836. The van der Waals surface area contributed by atoms with E-state index in [9.17, 15) is 14.0 Å². The van der Waals surface area contributed by atoms with Gasteiger partial charge in [-0.05, 0) is 26.0 Å². The number of nitrogen functional groups attached to an aromatic ring is 1. The van der Waals surface area contributed by atoms with Gasteiger partial charge in [0.05, 0.1) is 23.2 Å². The maximum Gasteiger partial charge on any atom is 0.409 e. The van der Waals surface area contributed by atoms with Crippen LogP contribution in [-0.4, -0.2) is 53.4 Å². The number of aromatic nitrogens is 2. The summed E-state index contributed by atoms with van der Waals surface area (Å²) < 4.78 is 20.4. The minimum absolute atomic E-state index is 0.138. The van der Waals surface area contributed by atoms with E-state index in [4.69, 9.17) is 10.6 Å². The van der Waals surface area contributed by atoms with Crippen LogP contribution in [0.5, 0.6) is 0 Å². The van der Waals surface area contributed by atoms with Crippen molar-refractivity contribution in [2.24, 2.45) is 0 Å². The molecule has 0 spiro atoms. The van der Waals surface area contributed by atoms with E-state index in [0.29, 0.717) is 49.8 Å². The van der Waals surface area contributed by atoms with E-state index in [-0.39, 0.29) is 11.5 Å². The van der Waals surface area contributed by atoms with Crippen LogP contribution in [-0.2, 0) is 4.74 Å². The van der Waals surface area contributed by atoms with Crippen LogP contribution in [0, 0.1) is 12.7 Å². The summed E-state index contributed by atoms with van der Waals surface area (Å²) in [5.74, 6) is 5.44. The summed E-state index contributed by atoms with van der Waals surface area (Å²) in [6, 6.07) is 2.72. The second kappa shape index (κ2) is 6.58. The highest BCUT2D eigenvalue weighted by Crippen LogP contribution is 2.25. The number of carbonyl (C=O) groups is 1. The van der Waals surface area contributed by atoms with Crippen molar-refractivity contribution in [1.29, 1.82) is 0 Å². The molecule has 0 bridgehead atoms. The van der Waals surface area contributed by atoms with Crippen molar-refractivity contribution in [2.45, 2.75) is 13.8 Å². The van der Waals surface area contributed by atoms with Gasteiger partial charge in [-0.1, -0.05) is 0 Å². The molecule has 2 heterocycles. The molecule has 0 atom stereocenters. The van der Waals surface area contributed by atoms with Crippen LogP contribution in [0.4, 0.5) is 14.9 Å². The molecule has 2 aromatic rings. The molecule has 0 saturated carbocycles. The number of hydrogen-bond donors (Lipinski definition) is 1. The van der Waals surface area contributed by atoms with Crippen molar-refractivity contribution in [3.63, 3.8) is 0 Å². The lowest BCUT2D eigenvalue weighted by molar-refractivity contribution is 0.105. The number of nitrogens with zero attached hydrogens (tertiary/aromatic N) is 4. The lowest BCUT2D eigenvalue weighted by atomic mass is 10.1. The smallest absolute Gasteiger partial charge is 0.409 e. The fourth-order valence-electron chi connectivity index (χ4n) is 2.91. The number of halogens is 1. The second-order valence-corrected chi connectivity index (χ2v) is 5.83. The Hall–Kier alpha value is -2.84. The molecule has 2 N–H and O–H groups in total. The lowest BCUT2D eigenvalue weighted by Crippen LogP contribution is -2.49. The van der Waals surface area contributed by atoms with E-state index >= 15 is 0 Å². The number of fused-ring (bicyclic) bond motifs is 1. The zero-order valence-electron chi connectivity index (χ0n) is 14.2. The van der Waals surface area contributed by atoms with Crippen LogP contribution < -0.4 is 16.3 Å². The minimum Gasteiger partial charge on any atom is -0.450 e. The number of benzene rings is 1. The molecule has 8 nitrogen and oxygen atoms in total. The van der Waals surface area contributed by atoms with Gasteiger partial charge in [-0.25, -0.2) is 18.8 Å². The molecule has 0 radical (unpaired) electrons. The van der Waals surface area contributed by atoms with Crippen molar-refractivity contribution in [2.75, 3.05) is 43.5 Å². The molecule has 1 aromatic carbocycles. The monoisotopic (exact) mass is 349 g/mol. The Labute approximate surface area is 143 Å². The molecule has 134 valence electrons. The number of nitrogens with two attached hydrogens (primary N) is 1. The van der Waals surface area contributed by atoms with Gasteiger partial charge < -0.3 is 20.4 Å². The van der Waals surface area contributed by atoms with Crippen LogP contribution >= 0.6 is 0 Å². The molecule has 0 unspecified atom stereocenters. The summed E-state index contributed by atoms with van der Waals surface area (Å²) in [5.41, 5.74) is 0.269. The Kier molecular flexibility index (Phi) is 4.47. The normalized spacial score (nSPS) is 14.8. The fourth-order valence-corrected chi connectivity index (χ4v) is 2.91. The molecule has 1 amide bonds. The number of anilines is 1. The lowest BCUT2D eigenvalue weighted by Gasteiger charge is -2.35. The molecule has 1 aliphatic rings. The van der Waals surface area contributed by atoms with Gasteiger partial charge in [0, 0.05) is 26.2 Å². The number of amides is 1. The highest BCUT2D eigenvalue weighted by Gasteiger charge is 2.24. The van der Waals surface area contributed by atoms with Gasteiger partial charge in [0.15, 0.2) is 0 Å². The minimum atomic E-state index is -0.514. The summed E-state index contributed by atoms with van der Waals surface area (Å²) in [4.78, 5) is 31.6. The van der Waals surface area contributed by atoms with Gasteiger partial charge in [0.25, 0.3) is 5.56 Å². The van der Waals surface area contributed by atoms with E-state index in [1.54, 1.807) is 24.8 Å². The Bertz CT molecular complexity index is 874. The van der Waals surface area contributed by atoms with Crippen LogP contribution in [0.15, 0.2) is 16.9 Å². The third-order valence-electron chi connectivity index (χ3n) is 4.29. The topological polar surface area (TPSA) is 93.7 Å². The first-order valence-corrected chi connectivity index (χ1v) is 8.07. The standard InChI is InChI=1S/C16H20FN5O3/c1-3-25-16(24)21-6-4-20(5-7-21)14-9-13-11(8-12(14)17)15(23)22(18)10(2)19-13/h8-9H,3-7,18H2,1-2H3. The first-order chi connectivity index (χ1) is 11.9. The number of piperazine rings is 1. The molecule has 25 heavy (non-hydrogen) atoms. The summed E-state index contributed by atoms with van der Waals surface area (Å²) in [6.45, 7) is 5.50. The third kappa shape index (κ3) is 3.09. The molecule has 9 heteroatoms. The quantitative estimate of drug-likeness (QED) is 0.808. The summed E-state index contributed by atoms with van der Waals surface area (Å²) in [6.07, 6.45) is -0.359. The Morgan fingerprint density at radius 3 is 2.64 bits per heavy atom. The number of hydrogen-bond acceptors (Lipinski definition) is 6. The second-order valence-electron chi connectivity index (χ2n) is 5.83. The third-order valence-corrected chi connectivity index (χ3v) is 4.29. The molecule has 1 aliphatic heterocycles. The number of ether oxygens (including phenoxy) is 1. The Morgan fingerprint density at radius 1 is 1.32 bits per heavy atom. The average Bonchev–Trinajstić information content (AvgIpc) is 2.61. The summed E-state index contributed by atoms with van der Waals surface area (Å²) >= 11 is 0. The average molecular weight is 349 g/mol. The van der Waals surface area contributed by atoms with Gasteiger partial charge in [-0.3, -0.25) is 4.79 Å². The van der Waals surface area contributed by atoms with E-state index in [1.165, 1.54) is 6.07 Å². The summed E-state index contributed by atoms with van der Waals surface area (Å²) in [7, 11) is 0. The molecule has 0 aliphatic carbocycles. The maximum absolute atomic E-state index is 14.5. The highest BCUT2D eigenvalue weighted by atomic mass is 19.1. The maximum atomic E-state index is 14.5. The SMILES string of the molecule is CCOC(=O)N1CCN(c2cc3nc(C)n(N)c(=O)c3cc2F)CC1. The Morgan fingerprint density at radius 2 is 2.00 bits per heavy atom. The van der Waals surface area contributed by atoms with Crippen LogP contribution in [0.2, 0.25) is 0 Å². The molecule has 1 aromatic heterocycles. The molecule has 1 saturated heterocycles. The Balaban J connectivity index is 1.88. The molecule has 3 rings (SSSR count). The molecule has 1 fully saturated rings. The zero-order chi connectivity index (χ0) is 18.1. The first-order valence-electron chi connectivity index (χ1n) is 8.07. The van der Waals surface area contributed by atoms with Gasteiger partial charge in [0.2, 0.25) is 0 Å². The van der Waals surface area contributed by atoms with E-state index in [0.717, 1.165) is 4.68 Å². The van der Waals surface area contributed by atoms with E-state index in [1.807, 2.05) is 4.90 Å². The van der Waals surface area contributed by atoms with E-state index < -0.39 is 11.4 Å². The first kappa shape index (κ1) is 17.0. The number of carbonyl (C=O) groups excluding carboxylic acids is 1. The van der Waals surface area contributed by atoms with Crippen LogP contribution in [0.25, 0.3) is 10.9 Å². The van der Waals surface area contributed by atoms with Gasteiger partial charge in [0.1, 0.15) is 11.6 Å². The van der Waals surface area contributed by atoms with Crippen LogP contribution in [0.3, 0.4) is 0 Å². The van der Waals surface area contributed by atoms with Crippen molar-refractivity contribution in [1.82, 2.24) is 14.6 Å². The van der Waals surface area contributed by atoms with Crippen molar-refractivity contribution in [3.8, 4) is 0 Å². The highest BCUT2D eigenvalue weighted by molar-refractivity contribution is 5.82. The number of rotatable bonds is 2.